The van der Waals surface area contributed by atoms with Gasteiger partial charge in [-0.15, -0.1) is 0 Å². The van der Waals surface area contributed by atoms with Crippen LogP contribution in [0.2, 0.25) is 0 Å². The lowest BCUT2D eigenvalue weighted by Gasteiger charge is -2.07. The van der Waals surface area contributed by atoms with Crippen molar-refractivity contribution < 1.29 is 4.39 Å². The Bertz CT molecular complexity index is 462. The second-order valence-electron chi connectivity index (χ2n) is 3.92. The van der Waals surface area contributed by atoms with Crippen LogP contribution in [0.4, 0.5) is 4.39 Å². The van der Waals surface area contributed by atoms with Gasteiger partial charge in [-0.25, -0.2) is 4.39 Å². The van der Waals surface area contributed by atoms with Gasteiger partial charge in [-0.1, -0.05) is 0 Å². The maximum absolute atomic E-state index is 12.9. The molecule has 0 bridgehead atoms. The first kappa shape index (κ1) is 10.2. The quantitative estimate of drug-likeness (QED) is 0.793. The number of hydrogen-bond donors (Lipinski definition) is 2. The van der Waals surface area contributed by atoms with Crippen molar-refractivity contribution in [2.75, 3.05) is 7.05 Å². The summed E-state index contributed by atoms with van der Waals surface area (Å²) >= 11 is 0. The van der Waals surface area contributed by atoms with Crippen LogP contribution < -0.4 is 5.32 Å². The molecule has 2 nitrogen and oxygen atoms in total. The van der Waals surface area contributed by atoms with Crippen LogP contribution in [0.3, 0.4) is 0 Å². The van der Waals surface area contributed by atoms with Crippen molar-refractivity contribution in [2.24, 2.45) is 0 Å². The molecule has 0 amide bonds. The van der Waals surface area contributed by atoms with Crippen LogP contribution in [0.5, 0.6) is 0 Å². The Balaban J connectivity index is 2.30. The lowest BCUT2D eigenvalue weighted by Crippen LogP contribution is -2.23. The number of halogens is 1. The Kier molecular flexibility index (Phi) is 2.73. The first-order chi connectivity index (χ1) is 7.19. The van der Waals surface area contributed by atoms with Crippen molar-refractivity contribution in [3.05, 3.63) is 35.8 Å². The van der Waals surface area contributed by atoms with Gasteiger partial charge in [0.25, 0.3) is 0 Å². The topological polar surface area (TPSA) is 27.8 Å². The lowest BCUT2D eigenvalue weighted by molar-refractivity contribution is 0.603. The van der Waals surface area contributed by atoms with Gasteiger partial charge in [0.1, 0.15) is 5.82 Å². The highest BCUT2D eigenvalue weighted by Crippen LogP contribution is 2.17. The van der Waals surface area contributed by atoms with Crippen LogP contribution in [-0.2, 0) is 6.42 Å². The van der Waals surface area contributed by atoms with Gasteiger partial charge < -0.3 is 10.3 Å². The molecule has 0 spiro atoms. The second-order valence-corrected chi connectivity index (χ2v) is 3.92. The molecule has 0 aliphatic rings. The highest BCUT2D eigenvalue weighted by atomic mass is 19.1. The predicted molar refractivity (Wildman–Crippen MR) is 60.5 cm³/mol. The summed E-state index contributed by atoms with van der Waals surface area (Å²) in [6, 6.07) is 7.31. The molecule has 0 saturated carbocycles. The highest BCUT2D eigenvalue weighted by molar-refractivity contribution is 5.80. The monoisotopic (exact) mass is 206 g/mol. The van der Waals surface area contributed by atoms with Gasteiger partial charge in [-0.2, -0.15) is 0 Å². The molecule has 0 radical (unpaired) electrons. The summed E-state index contributed by atoms with van der Waals surface area (Å²) in [5, 5.41) is 4.24. The van der Waals surface area contributed by atoms with E-state index in [4.69, 9.17) is 0 Å². The molecule has 0 aliphatic carbocycles. The minimum Gasteiger partial charge on any atom is -0.358 e. The number of fused-ring (bicyclic) bond motifs is 1. The molecule has 1 heterocycles. The first-order valence-corrected chi connectivity index (χ1v) is 5.13. The molecule has 0 fully saturated rings. The average molecular weight is 206 g/mol. The summed E-state index contributed by atoms with van der Waals surface area (Å²) in [4.78, 5) is 3.22. The smallest absolute Gasteiger partial charge is 0.125 e. The molecule has 0 aliphatic heterocycles. The van der Waals surface area contributed by atoms with Crippen LogP contribution in [0.25, 0.3) is 10.9 Å². The molecular formula is C12H15FN2. The number of likely N-dealkylation sites (N-methyl/N-ethyl adjacent to an activating group) is 1. The van der Waals surface area contributed by atoms with Gasteiger partial charge in [0, 0.05) is 23.7 Å². The van der Waals surface area contributed by atoms with Crippen molar-refractivity contribution in [1.82, 2.24) is 10.3 Å². The van der Waals surface area contributed by atoms with Crippen molar-refractivity contribution in [3.8, 4) is 0 Å². The van der Waals surface area contributed by atoms with Gasteiger partial charge in [0.05, 0.1) is 0 Å². The van der Waals surface area contributed by atoms with Crippen LogP contribution in [0.15, 0.2) is 24.3 Å². The fraction of sp³-hybridized carbons (Fsp3) is 0.333. The van der Waals surface area contributed by atoms with E-state index in [9.17, 15) is 4.39 Å². The third-order valence-corrected chi connectivity index (χ3v) is 2.66. The molecule has 80 valence electrons. The zero-order valence-electron chi connectivity index (χ0n) is 8.97. The van der Waals surface area contributed by atoms with Gasteiger partial charge >= 0.3 is 0 Å². The first-order valence-electron chi connectivity index (χ1n) is 5.13. The van der Waals surface area contributed by atoms with Crippen LogP contribution in [0, 0.1) is 5.82 Å². The molecule has 2 aromatic rings. The largest absolute Gasteiger partial charge is 0.358 e. The Morgan fingerprint density at radius 2 is 2.20 bits per heavy atom. The van der Waals surface area contributed by atoms with E-state index >= 15 is 0 Å². The van der Waals surface area contributed by atoms with Crippen molar-refractivity contribution in [2.45, 2.75) is 19.4 Å². The van der Waals surface area contributed by atoms with Crippen molar-refractivity contribution in [3.63, 3.8) is 0 Å². The fourth-order valence-corrected chi connectivity index (χ4v) is 1.70. The summed E-state index contributed by atoms with van der Waals surface area (Å²) < 4.78 is 12.9. The fourth-order valence-electron chi connectivity index (χ4n) is 1.70. The SMILES string of the molecule is CNC(C)Cc1cc2ccc(F)cc2[nH]1. The summed E-state index contributed by atoms with van der Waals surface area (Å²) in [5.74, 6) is -0.197. The Hall–Kier alpha value is -1.35. The lowest BCUT2D eigenvalue weighted by atomic mass is 10.2. The molecule has 1 aromatic carbocycles. The van der Waals surface area contributed by atoms with E-state index in [-0.39, 0.29) is 5.82 Å². The molecule has 1 unspecified atom stereocenters. The van der Waals surface area contributed by atoms with Gasteiger partial charge in [0.15, 0.2) is 0 Å². The van der Waals surface area contributed by atoms with E-state index in [0.717, 1.165) is 23.0 Å². The number of H-pyrrole nitrogens is 1. The van der Waals surface area contributed by atoms with E-state index in [2.05, 4.69) is 23.3 Å². The third-order valence-electron chi connectivity index (χ3n) is 2.66. The van der Waals surface area contributed by atoms with Crippen LogP contribution in [0.1, 0.15) is 12.6 Å². The predicted octanol–water partition coefficient (Wildman–Crippen LogP) is 2.46. The molecule has 0 saturated heterocycles. The number of benzene rings is 1. The summed E-state index contributed by atoms with van der Waals surface area (Å²) in [5.41, 5.74) is 2.01. The standard InChI is InChI=1S/C12H15FN2/c1-8(14-2)5-11-6-9-3-4-10(13)7-12(9)15-11/h3-4,6-8,14-15H,5H2,1-2H3. The van der Waals surface area contributed by atoms with Crippen LogP contribution >= 0.6 is 0 Å². The second kappa shape index (κ2) is 4.03. The van der Waals surface area contributed by atoms with Crippen LogP contribution in [-0.4, -0.2) is 18.1 Å². The van der Waals surface area contributed by atoms with Gasteiger partial charge in [-0.3, -0.25) is 0 Å². The summed E-state index contributed by atoms with van der Waals surface area (Å²) in [7, 11) is 1.94. The average Bonchev–Trinajstić information content (AvgIpc) is 2.59. The number of nitrogens with one attached hydrogen (secondary N) is 2. The minimum absolute atomic E-state index is 0.197. The summed E-state index contributed by atoms with van der Waals surface area (Å²) in [6.45, 7) is 2.12. The van der Waals surface area contributed by atoms with E-state index in [1.807, 2.05) is 7.05 Å². The normalized spacial score (nSPS) is 13.3. The maximum atomic E-state index is 12.9. The highest BCUT2D eigenvalue weighted by Gasteiger charge is 2.05. The molecule has 3 heteroatoms. The molecular weight excluding hydrogens is 191 g/mol. The number of rotatable bonds is 3. The van der Waals surface area contributed by atoms with Crippen molar-refractivity contribution in [1.29, 1.82) is 0 Å². The molecule has 1 atom stereocenters. The number of aromatic nitrogens is 1. The summed E-state index contributed by atoms with van der Waals surface area (Å²) in [6.07, 6.45) is 0.923. The molecule has 15 heavy (non-hydrogen) atoms. The van der Waals surface area contributed by atoms with E-state index < -0.39 is 0 Å². The Labute approximate surface area is 88.5 Å². The van der Waals surface area contributed by atoms with E-state index in [1.54, 1.807) is 6.07 Å². The Morgan fingerprint density at radius 1 is 1.40 bits per heavy atom. The van der Waals surface area contributed by atoms with E-state index in [1.165, 1.54) is 12.1 Å². The van der Waals surface area contributed by atoms with E-state index in [0.29, 0.717) is 6.04 Å². The van der Waals surface area contributed by atoms with Gasteiger partial charge in [-0.05, 0) is 43.6 Å². The zero-order chi connectivity index (χ0) is 10.8. The zero-order valence-corrected chi connectivity index (χ0v) is 8.97. The maximum Gasteiger partial charge on any atom is 0.125 e. The van der Waals surface area contributed by atoms with Gasteiger partial charge in [0.2, 0.25) is 0 Å². The minimum atomic E-state index is -0.197. The molecule has 2 rings (SSSR count). The number of aromatic amines is 1. The number of hydrogen-bond acceptors (Lipinski definition) is 1. The third kappa shape index (κ3) is 2.18. The Morgan fingerprint density at radius 3 is 2.93 bits per heavy atom. The van der Waals surface area contributed by atoms with Crippen molar-refractivity contribution >= 4 is 10.9 Å². The molecule has 2 N–H and O–H groups in total. The molecule has 1 aromatic heterocycles.